The van der Waals surface area contributed by atoms with E-state index >= 15 is 0 Å². The van der Waals surface area contributed by atoms with E-state index in [9.17, 15) is 4.79 Å². The number of anilines is 1. The van der Waals surface area contributed by atoms with E-state index in [1.807, 2.05) is 19.9 Å². The Balaban J connectivity index is 1.53. The quantitative estimate of drug-likeness (QED) is 0.796. The van der Waals surface area contributed by atoms with Crippen molar-refractivity contribution in [1.29, 1.82) is 0 Å². The highest BCUT2D eigenvalue weighted by Gasteiger charge is 2.22. The number of aryl methyl sites for hydroxylation is 2. The van der Waals surface area contributed by atoms with Crippen molar-refractivity contribution < 1.29 is 9.53 Å². The van der Waals surface area contributed by atoms with E-state index in [1.165, 1.54) is 0 Å². The zero-order chi connectivity index (χ0) is 18.7. The van der Waals surface area contributed by atoms with Crippen LogP contribution in [-0.4, -0.2) is 53.6 Å². The predicted octanol–water partition coefficient (Wildman–Crippen LogP) is 3.13. The number of hydrogen-bond donors (Lipinski definition) is 0. The third-order valence-electron chi connectivity index (χ3n) is 4.15. The first-order valence-corrected chi connectivity index (χ1v) is 9.11. The Hall–Kier alpha value is -2.05. The summed E-state index contributed by atoms with van der Waals surface area (Å²) < 4.78 is 5.53. The van der Waals surface area contributed by atoms with Gasteiger partial charge in [0.1, 0.15) is 17.4 Å². The highest BCUT2D eigenvalue weighted by atomic mass is 35.5. The molecule has 1 aliphatic rings. The Labute approximate surface area is 162 Å². The minimum absolute atomic E-state index is 0.0485. The fourth-order valence-corrected chi connectivity index (χ4v) is 3.33. The number of carbonyl (C=O) groups excluding carboxylic acids is 1. The molecule has 0 aliphatic carbocycles. The molecular weight excluding hydrogens is 375 g/mol. The summed E-state index contributed by atoms with van der Waals surface area (Å²) in [6.45, 7) is 6.49. The molecule has 0 atom stereocenters. The van der Waals surface area contributed by atoms with Crippen molar-refractivity contribution in [1.82, 2.24) is 14.9 Å². The Morgan fingerprint density at radius 3 is 2.50 bits per heavy atom. The normalized spacial score (nSPS) is 14.5. The molecule has 1 saturated heterocycles. The smallest absolute Gasteiger partial charge is 0.260 e. The summed E-state index contributed by atoms with van der Waals surface area (Å²) in [7, 11) is 0. The van der Waals surface area contributed by atoms with Crippen LogP contribution in [0.2, 0.25) is 10.0 Å². The van der Waals surface area contributed by atoms with E-state index in [-0.39, 0.29) is 12.5 Å². The number of benzene rings is 1. The van der Waals surface area contributed by atoms with Gasteiger partial charge < -0.3 is 14.5 Å². The summed E-state index contributed by atoms with van der Waals surface area (Å²) >= 11 is 11.9. The number of aromatic nitrogens is 2. The number of ether oxygens (including phenoxy) is 1. The van der Waals surface area contributed by atoms with Crippen LogP contribution in [0.3, 0.4) is 0 Å². The fourth-order valence-electron chi connectivity index (χ4n) is 2.87. The van der Waals surface area contributed by atoms with Gasteiger partial charge in [-0.3, -0.25) is 4.79 Å². The van der Waals surface area contributed by atoms with Crippen LogP contribution in [0.15, 0.2) is 24.3 Å². The van der Waals surface area contributed by atoms with Crippen molar-refractivity contribution in [3.63, 3.8) is 0 Å². The SMILES string of the molecule is Cc1cc(N2CCN(C(=O)COc3ccc(Cl)cc3Cl)CC2)nc(C)n1. The predicted molar refractivity (Wildman–Crippen MR) is 102 cm³/mol. The fraction of sp³-hybridized carbons (Fsp3) is 0.389. The number of carbonyl (C=O) groups is 1. The topological polar surface area (TPSA) is 58.6 Å². The van der Waals surface area contributed by atoms with E-state index < -0.39 is 0 Å². The number of hydrogen-bond acceptors (Lipinski definition) is 5. The second kappa shape index (κ2) is 8.10. The molecule has 8 heteroatoms. The molecule has 1 aromatic heterocycles. The van der Waals surface area contributed by atoms with Crippen LogP contribution >= 0.6 is 23.2 Å². The molecule has 0 saturated carbocycles. The Morgan fingerprint density at radius 1 is 1.12 bits per heavy atom. The van der Waals surface area contributed by atoms with Gasteiger partial charge in [0.15, 0.2) is 6.61 Å². The summed E-state index contributed by atoms with van der Waals surface area (Å²) in [6.07, 6.45) is 0. The average Bonchev–Trinajstić information content (AvgIpc) is 2.60. The molecule has 0 radical (unpaired) electrons. The van der Waals surface area contributed by atoms with E-state index in [0.29, 0.717) is 28.9 Å². The maximum atomic E-state index is 12.4. The largest absolute Gasteiger partial charge is 0.482 e. The van der Waals surface area contributed by atoms with Crippen LogP contribution in [-0.2, 0) is 4.79 Å². The molecule has 3 rings (SSSR count). The van der Waals surface area contributed by atoms with Crippen molar-refractivity contribution in [3.8, 4) is 5.75 Å². The first-order chi connectivity index (χ1) is 12.4. The molecule has 2 heterocycles. The van der Waals surface area contributed by atoms with Gasteiger partial charge in [-0.15, -0.1) is 0 Å². The van der Waals surface area contributed by atoms with Crippen LogP contribution in [0.4, 0.5) is 5.82 Å². The lowest BCUT2D eigenvalue weighted by Crippen LogP contribution is -2.50. The lowest BCUT2D eigenvalue weighted by molar-refractivity contribution is -0.133. The van der Waals surface area contributed by atoms with E-state index in [1.54, 1.807) is 23.1 Å². The van der Waals surface area contributed by atoms with E-state index in [4.69, 9.17) is 27.9 Å². The zero-order valence-electron chi connectivity index (χ0n) is 14.7. The maximum absolute atomic E-state index is 12.4. The first kappa shape index (κ1) is 18.7. The zero-order valence-corrected chi connectivity index (χ0v) is 16.2. The van der Waals surface area contributed by atoms with Gasteiger partial charge in [0.25, 0.3) is 5.91 Å². The second-order valence-corrected chi connectivity index (χ2v) is 6.99. The van der Waals surface area contributed by atoms with Crippen molar-refractivity contribution in [2.45, 2.75) is 13.8 Å². The first-order valence-electron chi connectivity index (χ1n) is 8.35. The molecule has 6 nitrogen and oxygen atoms in total. The van der Waals surface area contributed by atoms with Crippen molar-refractivity contribution in [2.24, 2.45) is 0 Å². The Morgan fingerprint density at radius 2 is 1.85 bits per heavy atom. The van der Waals surface area contributed by atoms with Gasteiger partial charge in [-0.05, 0) is 32.0 Å². The Bertz CT molecular complexity index is 788. The summed E-state index contributed by atoms with van der Waals surface area (Å²) in [4.78, 5) is 25.1. The summed E-state index contributed by atoms with van der Waals surface area (Å²) in [5.41, 5.74) is 0.944. The van der Waals surface area contributed by atoms with Crippen LogP contribution in [0.1, 0.15) is 11.5 Å². The molecule has 0 unspecified atom stereocenters. The van der Waals surface area contributed by atoms with Gasteiger partial charge >= 0.3 is 0 Å². The van der Waals surface area contributed by atoms with Crippen molar-refractivity contribution >= 4 is 34.9 Å². The molecule has 26 heavy (non-hydrogen) atoms. The van der Waals surface area contributed by atoms with Gasteiger partial charge in [0.2, 0.25) is 0 Å². The van der Waals surface area contributed by atoms with Crippen molar-refractivity contribution in [2.75, 3.05) is 37.7 Å². The van der Waals surface area contributed by atoms with E-state index in [2.05, 4.69) is 14.9 Å². The minimum atomic E-state index is -0.0642. The van der Waals surface area contributed by atoms with Crippen LogP contribution in [0.25, 0.3) is 0 Å². The number of nitrogens with zero attached hydrogens (tertiary/aromatic N) is 4. The highest BCUT2D eigenvalue weighted by molar-refractivity contribution is 6.35. The highest BCUT2D eigenvalue weighted by Crippen LogP contribution is 2.27. The van der Waals surface area contributed by atoms with Gasteiger partial charge in [0.05, 0.1) is 5.02 Å². The molecule has 1 aromatic carbocycles. The lowest BCUT2D eigenvalue weighted by atomic mass is 10.3. The number of rotatable bonds is 4. The molecule has 0 N–H and O–H groups in total. The Kier molecular flexibility index (Phi) is 5.84. The summed E-state index contributed by atoms with van der Waals surface area (Å²) in [6, 6.07) is 6.90. The van der Waals surface area contributed by atoms with Crippen LogP contribution in [0.5, 0.6) is 5.75 Å². The molecule has 1 aliphatic heterocycles. The van der Waals surface area contributed by atoms with Gasteiger partial charge in [-0.2, -0.15) is 0 Å². The third kappa shape index (κ3) is 4.56. The molecule has 1 amide bonds. The molecule has 0 bridgehead atoms. The van der Waals surface area contributed by atoms with Crippen molar-refractivity contribution in [3.05, 3.63) is 45.8 Å². The van der Waals surface area contributed by atoms with Gasteiger partial charge in [0, 0.05) is 43.0 Å². The standard InChI is InChI=1S/C18H20Cl2N4O2/c1-12-9-17(22-13(2)21-12)23-5-7-24(8-6-23)18(25)11-26-16-4-3-14(19)10-15(16)20/h3-4,9-10H,5-8,11H2,1-2H3. The molecule has 2 aromatic rings. The van der Waals surface area contributed by atoms with Crippen LogP contribution < -0.4 is 9.64 Å². The molecular formula is C18H20Cl2N4O2. The lowest BCUT2D eigenvalue weighted by Gasteiger charge is -2.35. The van der Waals surface area contributed by atoms with Crippen LogP contribution in [0, 0.1) is 13.8 Å². The molecule has 0 spiro atoms. The number of amides is 1. The monoisotopic (exact) mass is 394 g/mol. The average molecular weight is 395 g/mol. The maximum Gasteiger partial charge on any atom is 0.260 e. The second-order valence-electron chi connectivity index (χ2n) is 6.15. The minimum Gasteiger partial charge on any atom is -0.482 e. The molecule has 138 valence electrons. The van der Waals surface area contributed by atoms with Gasteiger partial charge in [-0.25, -0.2) is 9.97 Å². The molecule has 1 fully saturated rings. The number of piperazine rings is 1. The third-order valence-corrected chi connectivity index (χ3v) is 4.68. The summed E-state index contributed by atoms with van der Waals surface area (Å²) in [5.74, 6) is 2.05. The summed E-state index contributed by atoms with van der Waals surface area (Å²) in [5, 5.41) is 0.921. The van der Waals surface area contributed by atoms with Gasteiger partial charge in [-0.1, -0.05) is 23.2 Å². The number of halogens is 2. The van der Waals surface area contributed by atoms with E-state index in [0.717, 1.165) is 30.4 Å².